The fourth-order valence-electron chi connectivity index (χ4n) is 7.44. The lowest BCUT2D eigenvalue weighted by Crippen LogP contribution is -2.41. The summed E-state index contributed by atoms with van der Waals surface area (Å²) in [5.41, 5.74) is 8.84. The largest absolute Gasteiger partial charge is 0.497 e. The molecule has 0 spiro atoms. The minimum absolute atomic E-state index is 0.0785. The van der Waals surface area contributed by atoms with Crippen molar-refractivity contribution in [2.24, 2.45) is 0 Å². The van der Waals surface area contributed by atoms with Crippen LogP contribution in [0, 0.1) is 13.8 Å². The van der Waals surface area contributed by atoms with E-state index in [2.05, 4.69) is 25.7 Å². The molecule has 0 fully saturated rings. The van der Waals surface area contributed by atoms with E-state index in [0.717, 1.165) is 60.7 Å². The summed E-state index contributed by atoms with van der Waals surface area (Å²) in [5, 5.41) is 0. The van der Waals surface area contributed by atoms with Crippen LogP contribution in [0.1, 0.15) is 54.9 Å². The van der Waals surface area contributed by atoms with Crippen molar-refractivity contribution >= 4 is 33.8 Å². The Bertz CT molecular complexity index is 2390. The van der Waals surface area contributed by atoms with Gasteiger partial charge in [-0.2, -0.15) is 0 Å². The van der Waals surface area contributed by atoms with Crippen molar-refractivity contribution in [1.29, 1.82) is 0 Å². The molecular weight excluding hydrogens is 844 g/mol. The predicted octanol–water partition coefficient (Wildman–Crippen LogP) is 6.67. The van der Waals surface area contributed by atoms with E-state index in [1.54, 1.807) is 26.4 Å². The molecule has 1 aliphatic heterocycles. The highest BCUT2D eigenvalue weighted by Gasteiger charge is 2.22. The number of ether oxygens (including phenoxy) is 5. The Morgan fingerprint density at radius 2 is 1.03 bits per heavy atom. The fourth-order valence-corrected chi connectivity index (χ4v) is 7.97. The molecule has 61 heavy (non-hydrogen) atoms. The van der Waals surface area contributed by atoms with Gasteiger partial charge in [0, 0.05) is 56.8 Å². The van der Waals surface area contributed by atoms with Gasteiger partial charge < -0.3 is 23.7 Å². The molecule has 14 nitrogen and oxygen atoms in total. The SMILES string of the molecule is COC(=O)CN1CCN(Cc2cc(-c3ccc(OC)cc3C)cc(C(=O)OC)n2)CCN(Cc2cc(-c3ccc(OC)cc3C)cc(C(=O)OC)n2)Cc2cc(Br)cc(n2)C1. The quantitative estimate of drug-likeness (QED) is 0.0971. The maximum atomic E-state index is 13.0. The summed E-state index contributed by atoms with van der Waals surface area (Å²) in [6, 6.07) is 23.1. The number of pyridine rings is 3. The van der Waals surface area contributed by atoms with Crippen LogP contribution in [0.5, 0.6) is 11.5 Å². The first-order valence-corrected chi connectivity index (χ1v) is 20.6. The molecule has 4 heterocycles. The molecule has 5 aromatic rings. The summed E-state index contributed by atoms with van der Waals surface area (Å²) >= 11 is 3.69. The Hall–Kier alpha value is -5.74. The van der Waals surface area contributed by atoms with E-state index in [4.69, 9.17) is 38.6 Å². The Morgan fingerprint density at radius 1 is 0.574 bits per heavy atom. The van der Waals surface area contributed by atoms with Crippen LogP contribution in [0.2, 0.25) is 0 Å². The monoisotopic (exact) mass is 894 g/mol. The maximum Gasteiger partial charge on any atom is 0.356 e. The first-order chi connectivity index (χ1) is 29.4. The van der Waals surface area contributed by atoms with Gasteiger partial charge in [-0.15, -0.1) is 0 Å². The zero-order chi connectivity index (χ0) is 43.6. The van der Waals surface area contributed by atoms with Gasteiger partial charge in [-0.25, -0.2) is 19.6 Å². The van der Waals surface area contributed by atoms with Gasteiger partial charge in [0.25, 0.3) is 0 Å². The molecule has 0 unspecified atom stereocenters. The number of rotatable bonds is 12. The zero-order valence-electron chi connectivity index (χ0n) is 35.6. The summed E-state index contributed by atoms with van der Waals surface area (Å²) < 4.78 is 27.1. The minimum atomic E-state index is -0.538. The van der Waals surface area contributed by atoms with E-state index in [1.807, 2.05) is 79.4 Å². The van der Waals surface area contributed by atoms with Crippen LogP contribution in [0.25, 0.3) is 22.3 Å². The van der Waals surface area contributed by atoms with Gasteiger partial charge in [0.1, 0.15) is 22.9 Å². The Labute approximate surface area is 364 Å². The highest BCUT2D eigenvalue weighted by molar-refractivity contribution is 9.10. The number of benzene rings is 2. The van der Waals surface area contributed by atoms with Crippen LogP contribution in [-0.2, 0) is 45.2 Å². The molecule has 0 N–H and O–H groups in total. The normalized spacial score (nSPS) is 14.0. The number of carbonyl (C=O) groups is 3. The van der Waals surface area contributed by atoms with Crippen LogP contribution >= 0.6 is 15.9 Å². The fraction of sp³-hybridized carbons (Fsp3) is 0.348. The molecule has 320 valence electrons. The Kier molecular flexibility index (Phi) is 15.2. The number of hydrogen-bond acceptors (Lipinski definition) is 14. The van der Waals surface area contributed by atoms with Crippen LogP contribution in [0.3, 0.4) is 0 Å². The van der Waals surface area contributed by atoms with Gasteiger partial charge in [0.2, 0.25) is 0 Å². The first kappa shape index (κ1) is 44.8. The van der Waals surface area contributed by atoms with Crippen molar-refractivity contribution in [3.63, 3.8) is 0 Å². The molecule has 0 saturated heterocycles. The van der Waals surface area contributed by atoms with Crippen molar-refractivity contribution in [1.82, 2.24) is 29.7 Å². The van der Waals surface area contributed by atoms with E-state index in [9.17, 15) is 14.4 Å². The smallest absolute Gasteiger partial charge is 0.356 e. The summed E-state index contributed by atoms with van der Waals surface area (Å²) in [7, 11) is 7.33. The molecule has 2 bridgehead atoms. The molecule has 2 aromatic carbocycles. The second-order valence-electron chi connectivity index (χ2n) is 14.9. The highest BCUT2D eigenvalue weighted by atomic mass is 79.9. The first-order valence-electron chi connectivity index (χ1n) is 19.8. The van der Waals surface area contributed by atoms with E-state index < -0.39 is 11.9 Å². The van der Waals surface area contributed by atoms with E-state index in [0.29, 0.717) is 63.7 Å². The van der Waals surface area contributed by atoms with Crippen LogP contribution in [0.15, 0.2) is 77.3 Å². The third-order valence-corrected chi connectivity index (χ3v) is 11.0. The van der Waals surface area contributed by atoms with Gasteiger partial charge in [0.15, 0.2) is 0 Å². The predicted molar refractivity (Wildman–Crippen MR) is 233 cm³/mol. The molecule has 0 saturated carbocycles. The molecule has 6 rings (SSSR count). The Morgan fingerprint density at radius 3 is 1.49 bits per heavy atom. The second kappa shape index (κ2) is 20.7. The summed E-state index contributed by atoms with van der Waals surface area (Å²) in [5.74, 6) is 0.0510. The number of fused-ring (bicyclic) bond motifs is 2. The average molecular weight is 896 g/mol. The Balaban J connectivity index is 1.39. The number of halogens is 1. The lowest BCUT2D eigenvalue weighted by Gasteiger charge is -2.31. The van der Waals surface area contributed by atoms with Crippen molar-refractivity contribution in [2.45, 2.75) is 40.0 Å². The zero-order valence-corrected chi connectivity index (χ0v) is 37.2. The van der Waals surface area contributed by atoms with Crippen molar-refractivity contribution in [3.05, 3.63) is 123 Å². The van der Waals surface area contributed by atoms with Gasteiger partial charge in [0.05, 0.1) is 64.9 Å². The third kappa shape index (κ3) is 11.8. The van der Waals surface area contributed by atoms with E-state index >= 15 is 0 Å². The average Bonchev–Trinajstić information content (AvgIpc) is 3.25. The van der Waals surface area contributed by atoms with Crippen LogP contribution in [0.4, 0.5) is 0 Å². The maximum absolute atomic E-state index is 13.0. The topological polar surface area (TPSA) is 146 Å². The number of carbonyl (C=O) groups excluding carboxylic acids is 3. The van der Waals surface area contributed by atoms with Gasteiger partial charge in [-0.05, 0) is 108 Å². The highest BCUT2D eigenvalue weighted by Crippen LogP contribution is 2.30. The number of esters is 3. The molecule has 0 radical (unpaired) electrons. The summed E-state index contributed by atoms with van der Waals surface area (Å²) in [6.45, 7) is 7.88. The number of nitrogens with zero attached hydrogens (tertiary/aromatic N) is 6. The van der Waals surface area contributed by atoms with Gasteiger partial charge >= 0.3 is 17.9 Å². The molecule has 3 aromatic heterocycles. The standard InChI is InChI=1S/C46H51BrN6O8/c1-29-16-38(57-3)8-10-40(29)31-18-34(49-42(20-31)45(55)60-6)24-51-12-14-52(26-36-22-33(47)23-37(48-36)27-53(15-13-51)28-44(54)59-5)25-35-19-32(21-43(50-35)46(56)61-7)41-11-9-39(58-4)17-30(41)2/h8-11,16-23H,12-15,24-28H2,1-7H3. The number of methoxy groups -OCH3 is 5. The molecule has 1 aliphatic rings. The minimum Gasteiger partial charge on any atom is -0.497 e. The van der Waals surface area contributed by atoms with E-state index in [-0.39, 0.29) is 23.9 Å². The summed E-state index contributed by atoms with van der Waals surface area (Å²) in [4.78, 5) is 59.8. The number of aromatic nitrogens is 3. The molecule has 0 atom stereocenters. The van der Waals surface area contributed by atoms with Gasteiger partial charge in [-0.1, -0.05) is 28.1 Å². The number of aryl methyl sites for hydroxylation is 2. The summed E-state index contributed by atoms with van der Waals surface area (Å²) in [6.07, 6.45) is 0. The number of hydrogen-bond donors (Lipinski definition) is 0. The molecule has 15 heteroatoms. The third-order valence-electron chi connectivity index (χ3n) is 10.5. The van der Waals surface area contributed by atoms with Crippen LogP contribution < -0.4 is 9.47 Å². The van der Waals surface area contributed by atoms with Crippen molar-refractivity contribution in [3.8, 4) is 33.8 Å². The second-order valence-corrected chi connectivity index (χ2v) is 15.8. The van der Waals surface area contributed by atoms with Crippen molar-refractivity contribution in [2.75, 3.05) is 68.3 Å². The lowest BCUT2D eigenvalue weighted by molar-refractivity contribution is -0.142. The van der Waals surface area contributed by atoms with E-state index in [1.165, 1.54) is 21.3 Å². The molecule has 0 aliphatic carbocycles. The van der Waals surface area contributed by atoms with Crippen LogP contribution in [-0.4, -0.2) is 116 Å². The lowest BCUT2D eigenvalue weighted by atomic mass is 9.99. The molecule has 0 amide bonds. The molecular formula is C46H51BrN6O8. The van der Waals surface area contributed by atoms with Crippen molar-refractivity contribution < 1.29 is 38.1 Å². The van der Waals surface area contributed by atoms with Gasteiger partial charge in [-0.3, -0.25) is 24.5 Å².